The number of rotatable bonds is 7. The van der Waals surface area contributed by atoms with E-state index >= 15 is 0 Å². The summed E-state index contributed by atoms with van der Waals surface area (Å²) in [5.41, 5.74) is 2.95. The molecule has 0 saturated carbocycles. The van der Waals surface area contributed by atoms with Crippen LogP contribution < -0.4 is 15.6 Å². The van der Waals surface area contributed by atoms with Crippen LogP contribution in [0.25, 0.3) is 10.9 Å². The first kappa shape index (κ1) is 26.8. The van der Waals surface area contributed by atoms with Gasteiger partial charge in [0.05, 0.1) is 26.3 Å². The monoisotopic (exact) mass is 494 g/mol. The minimum absolute atomic E-state index is 0.0386. The van der Waals surface area contributed by atoms with Crippen molar-refractivity contribution in [3.63, 3.8) is 0 Å². The van der Waals surface area contributed by atoms with Crippen LogP contribution in [0.2, 0.25) is 0 Å². The molecule has 0 fully saturated rings. The lowest BCUT2D eigenvalue weighted by Gasteiger charge is -2.23. The number of carbonyl (C=O) groups excluding carboxylic acids is 2. The van der Waals surface area contributed by atoms with Crippen molar-refractivity contribution >= 4 is 23.0 Å². The molecule has 192 valence electrons. The van der Waals surface area contributed by atoms with E-state index in [1.807, 2.05) is 56.3 Å². The van der Waals surface area contributed by atoms with E-state index < -0.39 is 23.7 Å². The van der Waals surface area contributed by atoms with Crippen LogP contribution in [-0.4, -0.2) is 42.5 Å². The zero-order valence-corrected chi connectivity index (χ0v) is 21.9. The van der Waals surface area contributed by atoms with Gasteiger partial charge in [0.15, 0.2) is 0 Å². The molecular formula is C28H34N2O6. The molecule has 0 aliphatic rings. The second-order valence-corrected chi connectivity index (χ2v) is 9.79. The van der Waals surface area contributed by atoms with Crippen LogP contribution in [-0.2, 0) is 27.2 Å². The van der Waals surface area contributed by atoms with Crippen molar-refractivity contribution in [2.45, 2.75) is 59.2 Å². The predicted octanol–water partition coefficient (Wildman–Crippen LogP) is 4.28. The Hall–Kier alpha value is -3.81. The Bertz CT molecular complexity index is 1320. The molecule has 0 bridgehead atoms. The summed E-state index contributed by atoms with van der Waals surface area (Å²) < 4.78 is 17.2. The molecular weight excluding hydrogens is 460 g/mol. The predicted molar refractivity (Wildman–Crippen MR) is 139 cm³/mol. The maximum absolute atomic E-state index is 13.8. The Balaban J connectivity index is 2.09. The van der Waals surface area contributed by atoms with Crippen molar-refractivity contribution in [3.8, 4) is 5.75 Å². The van der Waals surface area contributed by atoms with E-state index in [-0.39, 0.29) is 12.0 Å². The van der Waals surface area contributed by atoms with Crippen LogP contribution in [0.3, 0.4) is 0 Å². The summed E-state index contributed by atoms with van der Waals surface area (Å²) in [6.07, 6.45) is -0.797. The minimum Gasteiger partial charge on any atom is -0.497 e. The zero-order chi connectivity index (χ0) is 26.6. The van der Waals surface area contributed by atoms with Gasteiger partial charge in [0.1, 0.15) is 17.4 Å². The van der Waals surface area contributed by atoms with Crippen molar-refractivity contribution in [3.05, 3.63) is 75.1 Å². The molecule has 2 aromatic carbocycles. The van der Waals surface area contributed by atoms with Crippen LogP contribution in [0.5, 0.6) is 5.75 Å². The summed E-state index contributed by atoms with van der Waals surface area (Å²) in [5, 5.41) is 3.47. The third-order valence-electron chi connectivity index (χ3n) is 5.89. The van der Waals surface area contributed by atoms with Gasteiger partial charge in [-0.2, -0.15) is 0 Å². The number of benzene rings is 2. The van der Waals surface area contributed by atoms with E-state index in [2.05, 4.69) is 5.32 Å². The van der Waals surface area contributed by atoms with E-state index in [1.54, 1.807) is 32.4 Å². The first-order chi connectivity index (χ1) is 16.9. The Labute approximate surface area is 211 Å². The van der Waals surface area contributed by atoms with E-state index in [0.717, 1.165) is 33.3 Å². The average Bonchev–Trinajstić information content (AvgIpc) is 2.82. The van der Waals surface area contributed by atoms with Gasteiger partial charge >= 0.3 is 12.1 Å². The number of aryl methyl sites for hydroxylation is 2. The lowest BCUT2D eigenvalue weighted by atomic mass is 9.97. The highest BCUT2D eigenvalue weighted by molar-refractivity contribution is 5.85. The summed E-state index contributed by atoms with van der Waals surface area (Å²) in [4.78, 5) is 38.8. The molecule has 36 heavy (non-hydrogen) atoms. The van der Waals surface area contributed by atoms with E-state index in [0.29, 0.717) is 12.1 Å². The fourth-order valence-corrected chi connectivity index (χ4v) is 4.08. The second-order valence-electron chi connectivity index (χ2n) is 9.79. The topological polar surface area (TPSA) is 95.9 Å². The Kier molecular flexibility index (Phi) is 8.07. The molecule has 1 atom stereocenters. The lowest BCUT2D eigenvalue weighted by molar-refractivity contribution is -0.143. The van der Waals surface area contributed by atoms with Gasteiger partial charge in [-0.25, -0.2) is 9.59 Å². The van der Waals surface area contributed by atoms with Crippen molar-refractivity contribution in [2.24, 2.45) is 0 Å². The number of aromatic nitrogens is 1. The van der Waals surface area contributed by atoms with Gasteiger partial charge in [-0.1, -0.05) is 23.8 Å². The summed E-state index contributed by atoms with van der Waals surface area (Å²) >= 11 is 0. The van der Waals surface area contributed by atoms with E-state index in [9.17, 15) is 14.4 Å². The fourth-order valence-electron chi connectivity index (χ4n) is 4.08. The molecule has 1 aromatic heterocycles. The number of hydrogen-bond acceptors (Lipinski definition) is 6. The van der Waals surface area contributed by atoms with E-state index in [4.69, 9.17) is 14.2 Å². The molecule has 0 aliphatic heterocycles. The highest BCUT2D eigenvalue weighted by Gasteiger charge is 2.28. The molecule has 0 aliphatic carbocycles. The number of nitrogens with one attached hydrogen (secondary N) is 1. The van der Waals surface area contributed by atoms with Crippen LogP contribution >= 0.6 is 0 Å². The van der Waals surface area contributed by atoms with Gasteiger partial charge in [0, 0.05) is 17.4 Å². The van der Waals surface area contributed by atoms with Crippen molar-refractivity contribution < 1.29 is 23.8 Å². The van der Waals surface area contributed by atoms with Crippen molar-refractivity contribution in [1.29, 1.82) is 0 Å². The number of alkyl carbamates (subject to hydrolysis) is 1. The van der Waals surface area contributed by atoms with Crippen LogP contribution in [0.15, 0.2) is 47.3 Å². The first-order valence-electron chi connectivity index (χ1n) is 11.8. The highest BCUT2D eigenvalue weighted by Crippen LogP contribution is 2.23. The minimum atomic E-state index is -1.09. The van der Waals surface area contributed by atoms with Crippen LogP contribution in [0.4, 0.5) is 4.79 Å². The van der Waals surface area contributed by atoms with Gasteiger partial charge in [-0.3, -0.25) is 4.79 Å². The number of ether oxygens (including phenoxy) is 3. The van der Waals surface area contributed by atoms with Crippen LogP contribution in [0, 0.1) is 13.8 Å². The second kappa shape index (κ2) is 10.8. The summed E-state index contributed by atoms with van der Waals surface area (Å²) in [6.45, 7) is 9.36. The SMILES string of the molecule is COC(=O)[C@H](Cc1c(C)c2cc(C)ccc2n(Cc2ccc(OC)cc2)c1=O)NC(=O)OC(C)(C)C. The van der Waals surface area contributed by atoms with E-state index in [1.165, 1.54) is 7.11 Å². The Morgan fingerprint density at radius 3 is 2.28 bits per heavy atom. The summed E-state index contributed by atoms with van der Waals surface area (Å²) in [6, 6.07) is 12.3. The number of carbonyl (C=O) groups is 2. The molecule has 0 radical (unpaired) electrons. The number of hydrogen-bond donors (Lipinski definition) is 1. The maximum Gasteiger partial charge on any atom is 0.408 e. The number of fused-ring (bicyclic) bond motifs is 1. The number of nitrogens with zero attached hydrogens (tertiary/aromatic N) is 1. The quantitative estimate of drug-likeness (QED) is 0.493. The maximum atomic E-state index is 13.8. The molecule has 1 amide bonds. The average molecular weight is 495 g/mol. The number of esters is 1. The molecule has 1 N–H and O–H groups in total. The first-order valence-corrected chi connectivity index (χ1v) is 11.8. The molecule has 1 heterocycles. The fraction of sp³-hybridized carbons (Fsp3) is 0.393. The normalized spacial score (nSPS) is 12.2. The third kappa shape index (κ3) is 6.24. The van der Waals surface area contributed by atoms with Gasteiger partial charge in [0.2, 0.25) is 0 Å². The molecule has 3 rings (SSSR count). The summed E-state index contributed by atoms with van der Waals surface area (Å²) in [5.74, 6) is 0.0658. The lowest BCUT2D eigenvalue weighted by Crippen LogP contribution is -2.46. The molecule has 0 saturated heterocycles. The van der Waals surface area contributed by atoms with Gasteiger partial charge in [-0.05, 0) is 70.0 Å². The van der Waals surface area contributed by atoms with Crippen molar-refractivity contribution in [2.75, 3.05) is 14.2 Å². The molecule has 8 nitrogen and oxygen atoms in total. The Morgan fingerprint density at radius 1 is 1.03 bits per heavy atom. The van der Waals surface area contributed by atoms with Gasteiger partial charge in [-0.15, -0.1) is 0 Å². The van der Waals surface area contributed by atoms with Crippen molar-refractivity contribution in [1.82, 2.24) is 9.88 Å². The number of amides is 1. The molecule has 0 spiro atoms. The largest absolute Gasteiger partial charge is 0.497 e. The van der Waals surface area contributed by atoms with Crippen LogP contribution in [0.1, 0.15) is 43.0 Å². The number of methoxy groups -OCH3 is 2. The summed E-state index contributed by atoms with van der Waals surface area (Å²) in [7, 11) is 2.84. The highest BCUT2D eigenvalue weighted by atomic mass is 16.6. The smallest absolute Gasteiger partial charge is 0.408 e. The molecule has 3 aromatic rings. The molecule has 0 unspecified atom stereocenters. The standard InChI is InChI=1S/C28H34N2O6/c1-17-8-13-24-21(14-17)18(2)22(15-23(26(32)35-7)29-27(33)36-28(3,4)5)25(31)30(24)16-19-9-11-20(34-6)12-10-19/h8-14,23H,15-16H2,1-7H3,(H,29,33)/t23-/m0/s1. The van der Waals surface area contributed by atoms with Gasteiger partial charge in [0.25, 0.3) is 5.56 Å². The third-order valence-corrected chi connectivity index (χ3v) is 5.89. The van der Waals surface area contributed by atoms with Gasteiger partial charge < -0.3 is 24.1 Å². The Morgan fingerprint density at radius 2 is 1.69 bits per heavy atom. The molecule has 8 heteroatoms. The zero-order valence-electron chi connectivity index (χ0n) is 21.9. The number of pyridine rings is 1.